The lowest BCUT2D eigenvalue weighted by molar-refractivity contribution is -0.146. The van der Waals surface area contributed by atoms with Gasteiger partial charge in [-0.05, 0) is 70.1 Å². The predicted octanol–water partition coefficient (Wildman–Crippen LogP) is 3.93. The van der Waals surface area contributed by atoms with Gasteiger partial charge in [0, 0.05) is 6.61 Å². The fourth-order valence-electron chi connectivity index (χ4n) is 3.96. The van der Waals surface area contributed by atoms with Crippen LogP contribution in [0.1, 0.15) is 65.7 Å². The van der Waals surface area contributed by atoms with E-state index in [2.05, 4.69) is 20.8 Å². The van der Waals surface area contributed by atoms with Crippen molar-refractivity contribution < 1.29 is 9.47 Å². The second kappa shape index (κ2) is 4.49. The van der Waals surface area contributed by atoms with E-state index < -0.39 is 0 Å². The number of ether oxygens (including phenoxy) is 2. The first-order valence-corrected chi connectivity index (χ1v) is 7.80. The molecular weight excluding hydrogens is 224 g/mol. The maximum Gasteiger partial charge on any atom is 0.0844 e. The highest BCUT2D eigenvalue weighted by Gasteiger charge is 2.46. The minimum absolute atomic E-state index is 0.0541. The van der Waals surface area contributed by atoms with Gasteiger partial charge in [-0.15, -0.1) is 0 Å². The Labute approximate surface area is 111 Å². The molecule has 2 saturated heterocycles. The van der Waals surface area contributed by atoms with Gasteiger partial charge in [0.15, 0.2) is 0 Å². The number of fused-ring (bicyclic) bond motifs is 1. The van der Waals surface area contributed by atoms with Crippen molar-refractivity contribution in [2.24, 2.45) is 11.3 Å². The Balaban J connectivity index is 1.54. The third-order valence-electron chi connectivity index (χ3n) is 6.01. The molecule has 4 unspecified atom stereocenters. The van der Waals surface area contributed by atoms with Crippen molar-refractivity contribution >= 4 is 0 Å². The van der Waals surface area contributed by atoms with E-state index in [-0.39, 0.29) is 5.60 Å². The summed E-state index contributed by atoms with van der Waals surface area (Å²) in [6.07, 6.45) is 10.6. The Bertz CT molecular complexity index is 312. The SMILES string of the molecule is CC1(CCC2CCC3OC3C2)CCCOC1(C)C. The van der Waals surface area contributed by atoms with Gasteiger partial charge in [-0.3, -0.25) is 0 Å². The van der Waals surface area contributed by atoms with Crippen molar-refractivity contribution in [3.63, 3.8) is 0 Å². The summed E-state index contributed by atoms with van der Waals surface area (Å²) < 4.78 is 11.7. The zero-order valence-electron chi connectivity index (χ0n) is 12.2. The first kappa shape index (κ1) is 12.9. The summed E-state index contributed by atoms with van der Waals surface area (Å²) in [5.41, 5.74) is 0.422. The van der Waals surface area contributed by atoms with E-state index in [0.717, 1.165) is 12.5 Å². The molecule has 2 nitrogen and oxygen atoms in total. The highest BCUT2D eigenvalue weighted by Crippen LogP contribution is 2.48. The topological polar surface area (TPSA) is 21.8 Å². The van der Waals surface area contributed by atoms with Gasteiger partial charge in [-0.25, -0.2) is 0 Å². The van der Waals surface area contributed by atoms with Gasteiger partial charge in [-0.2, -0.15) is 0 Å². The fourth-order valence-corrected chi connectivity index (χ4v) is 3.96. The average Bonchev–Trinajstić information content (AvgIpc) is 3.09. The lowest BCUT2D eigenvalue weighted by Gasteiger charge is -2.48. The molecule has 0 bridgehead atoms. The second-order valence-corrected chi connectivity index (χ2v) is 7.45. The molecule has 2 heterocycles. The number of rotatable bonds is 3. The molecule has 18 heavy (non-hydrogen) atoms. The largest absolute Gasteiger partial charge is 0.375 e. The monoisotopic (exact) mass is 252 g/mol. The Kier molecular flexibility index (Phi) is 3.22. The number of hydrogen-bond acceptors (Lipinski definition) is 2. The molecule has 2 aliphatic heterocycles. The van der Waals surface area contributed by atoms with E-state index in [9.17, 15) is 0 Å². The van der Waals surface area contributed by atoms with Gasteiger partial charge in [-0.1, -0.05) is 6.92 Å². The van der Waals surface area contributed by atoms with Crippen LogP contribution in [0.3, 0.4) is 0 Å². The molecule has 1 saturated carbocycles. The second-order valence-electron chi connectivity index (χ2n) is 7.45. The first-order valence-electron chi connectivity index (χ1n) is 7.80. The van der Waals surface area contributed by atoms with Gasteiger partial charge in [0.1, 0.15) is 0 Å². The van der Waals surface area contributed by atoms with Crippen LogP contribution < -0.4 is 0 Å². The molecule has 0 spiro atoms. The van der Waals surface area contributed by atoms with E-state index in [4.69, 9.17) is 9.47 Å². The van der Waals surface area contributed by atoms with Crippen LogP contribution in [0.4, 0.5) is 0 Å². The summed E-state index contributed by atoms with van der Waals surface area (Å²) in [7, 11) is 0. The van der Waals surface area contributed by atoms with Crippen molar-refractivity contribution in [1.82, 2.24) is 0 Å². The minimum atomic E-state index is 0.0541. The Morgan fingerprint density at radius 2 is 1.94 bits per heavy atom. The first-order chi connectivity index (χ1) is 8.50. The fraction of sp³-hybridized carbons (Fsp3) is 1.00. The quantitative estimate of drug-likeness (QED) is 0.710. The number of hydrogen-bond donors (Lipinski definition) is 0. The lowest BCUT2D eigenvalue weighted by Crippen LogP contribution is -2.47. The van der Waals surface area contributed by atoms with Crippen LogP contribution in [-0.4, -0.2) is 24.4 Å². The van der Waals surface area contributed by atoms with Crippen molar-refractivity contribution in [2.45, 2.75) is 83.5 Å². The van der Waals surface area contributed by atoms with E-state index in [1.807, 2.05) is 0 Å². The minimum Gasteiger partial charge on any atom is -0.375 e. The van der Waals surface area contributed by atoms with E-state index in [1.54, 1.807) is 0 Å². The number of epoxide rings is 1. The van der Waals surface area contributed by atoms with E-state index >= 15 is 0 Å². The summed E-state index contributed by atoms with van der Waals surface area (Å²) in [5.74, 6) is 0.906. The van der Waals surface area contributed by atoms with E-state index in [1.165, 1.54) is 44.9 Å². The molecule has 0 aromatic heterocycles. The zero-order valence-corrected chi connectivity index (χ0v) is 12.2. The maximum absolute atomic E-state index is 6.03. The van der Waals surface area contributed by atoms with Gasteiger partial charge >= 0.3 is 0 Å². The highest BCUT2D eigenvalue weighted by molar-refractivity contribution is 4.96. The standard InChI is InChI=1S/C16H28O2/c1-15(2)16(3,8-4-10-17-15)9-7-12-5-6-13-14(11-12)18-13/h12-14H,4-11H2,1-3H3. The molecule has 1 aliphatic carbocycles. The summed E-state index contributed by atoms with van der Waals surface area (Å²) in [5, 5.41) is 0. The zero-order chi connectivity index (χ0) is 12.8. The van der Waals surface area contributed by atoms with Crippen LogP contribution in [0, 0.1) is 11.3 Å². The summed E-state index contributed by atoms with van der Waals surface area (Å²) in [6, 6.07) is 0. The molecule has 3 fully saturated rings. The van der Waals surface area contributed by atoms with Crippen molar-refractivity contribution in [3.05, 3.63) is 0 Å². The third kappa shape index (κ3) is 2.34. The Hall–Kier alpha value is -0.0800. The molecule has 0 aromatic carbocycles. The molecule has 2 heteroatoms. The predicted molar refractivity (Wildman–Crippen MR) is 72.6 cm³/mol. The van der Waals surface area contributed by atoms with Crippen LogP contribution >= 0.6 is 0 Å². The van der Waals surface area contributed by atoms with Gasteiger partial charge < -0.3 is 9.47 Å². The summed E-state index contributed by atoms with van der Waals surface area (Å²) >= 11 is 0. The van der Waals surface area contributed by atoms with Crippen LogP contribution in [-0.2, 0) is 9.47 Å². The average molecular weight is 252 g/mol. The van der Waals surface area contributed by atoms with Crippen molar-refractivity contribution in [3.8, 4) is 0 Å². The van der Waals surface area contributed by atoms with E-state index in [0.29, 0.717) is 17.6 Å². The summed E-state index contributed by atoms with van der Waals surface area (Å²) in [6.45, 7) is 7.95. The van der Waals surface area contributed by atoms with Crippen molar-refractivity contribution in [1.29, 1.82) is 0 Å². The Morgan fingerprint density at radius 3 is 2.67 bits per heavy atom. The molecule has 4 atom stereocenters. The molecule has 104 valence electrons. The molecule has 0 amide bonds. The van der Waals surface area contributed by atoms with Gasteiger partial charge in [0.05, 0.1) is 17.8 Å². The van der Waals surface area contributed by atoms with Crippen LogP contribution in [0.25, 0.3) is 0 Å². The molecule has 3 rings (SSSR count). The van der Waals surface area contributed by atoms with Crippen molar-refractivity contribution in [2.75, 3.05) is 6.61 Å². The van der Waals surface area contributed by atoms with Crippen LogP contribution in [0.2, 0.25) is 0 Å². The maximum atomic E-state index is 6.03. The van der Waals surface area contributed by atoms with Gasteiger partial charge in [0.2, 0.25) is 0 Å². The van der Waals surface area contributed by atoms with Crippen LogP contribution in [0.5, 0.6) is 0 Å². The van der Waals surface area contributed by atoms with Gasteiger partial charge in [0.25, 0.3) is 0 Å². The molecule has 0 N–H and O–H groups in total. The molecule has 3 aliphatic rings. The Morgan fingerprint density at radius 1 is 1.11 bits per heavy atom. The normalized spacial score (nSPS) is 46.5. The smallest absolute Gasteiger partial charge is 0.0844 e. The third-order valence-corrected chi connectivity index (χ3v) is 6.01. The summed E-state index contributed by atoms with van der Waals surface area (Å²) in [4.78, 5) is 0. The molecular formula is C16H28O2. The highest BCUT2D eigenvalue weighted by atomic mass is 16.6. The molecule has 0 aromatic rings. The van der Waals surface area contributed by atoms with Crippen LogP contribution in [0.15, 0.2) is 0 Å². The lowest BCUT2D eigenvalue weighted by atomic mass is 9.66. The molecule has 0 radical (unpaired) electrons.